The molecule has 0 aliphatic carbocycles. The minimum absolute atomic E-state index is 0.117. The summed E-state index contributed by atoms with van der Waals surface area (Å²) in [5.74, 6) is 0. The first-order valence-electron chi connectivity index (χ1n) is 3.80. The third kappa shape index (κ3) is 2.19. The molecule has 0 bridgehead atoms. The van der Waals surface area contributed by atoms with Crippen LogP contribution in [0.1, 0.15) is 23.4 Å². The molecule has 1 aromatic heterocycles. The van der Waals surface area contributed by atoms with E-state index in [0.717, 1.165) is 6.07 Å². The SMILES string of the molecule is O=c1cc(C(F)F)[nH]c(CBr)c1CO. The first-order chi connectivity index (χ1) is 6.60. The Bertz CT molecular complexity index is 378. The van der Waals surface area contributed by atoms with E-state index in [-0.39, 0.29) is 16.6 Å². The topological polar surface area (TPSA) is 53.1 Å². The van der Waals surface area contributed by atoms with Crippen LogP contribution in [0.3, 0.4) is 0 Å². The van der Waals surface area contributed by atoms with Crippen molar-refractivity contribution in [3.8, 4) is 0 Å². The number of aliphatic hydroxyl groups is 1. The summed E-state index contributed by atoms with van der Waals surface area (Å²) in [5, 5.41) is 9.05. The number of aliphatic hydroxyl groups excluding tert-OH is 1. The van der Waals surface area contributed by atoms with Crippen LogP contribution in [0.5, 0.6) is 0 Å². The summed E-state index contributed by atoms with van der Waals surface area (Å²) in [6.07, 6.45) is -2.71. The quantitative estimate of drug-likeness (QED) is 0.820. The Kier molecular flexibility index (Phi) is 3.77. The predicted octanol–water partition coefficient (Wildman–Crippen LogP) is 1.70. The molecule has 0 aliphatic rings. The first-order valence-corrected chi connectivity index (χ1v) is 4.92. The van der Waals surface area contributed by atoms with Gasteiger partial charge in [-0.25, -0.2) is 8.78 Å². The van der Waals surface area contributed by atoms with E-state index in [0.29, 0.717) is 0 Å². The number of aromatic nitrogens is 1. The van der Waals surface area contributed by atoms with Gasteiger partial charge in [0.25, 0.3) is 6.43 Å². The maximum Gasteiger partial charge on any atom is 0.278 e. The number of hydrogen-bond donors (Lipinski definition) is 2. The number of H-pyrrole nitrogens is 1. The van der Waals surface area contributed by atoms with Crippen LogP contribution in [-0.2, 0) is 11.9 Å². The second-order valence-electron chi connectivity index (χ2n) is 2.64. The van der Waals surface area contributed by atoms with Crippen molar-refractivity contribution in [1.82, 2.24) is 4.98 Å². The lowest BCUT2D eigenvalue weighted by atomic mass is 10.2. The van der Waals surface area contributed by atoms with Crippen molar-refractivity contribution in [1.29, 1.82) is 0 Å². The standard InChI is InChI=1S/C8H8BrF2NO2/c9-2-6-4(3-13)7(14)1-5(12-6)8(10)11/h1,8,13H,2-3H2,(H,12,14). The van der Waals surface area contributed by atoms with Crippen LogP contribution >= 0.6 is 15.9 Å². The van der Waals surface area contributed by atoms with Crippen molar-refractivity contribution in [3.63, 3.8) is 0 Å². The Hall–Kier alpha value is -0.750. The molecule has 2 N–H and O–H groups in total. The Balaban J connectivity index is 3.32. The van der Waals surface area contributed by atoms with E-state index in [1.54, 1.807) is 0 Å². The van der Waals surface area contributed by atoms with E-state index in [4.69, 9.17) is 5.11 Å². The molecule has 6 heteroatoms. The lowest BCUT2D eigenvalue weighted by molar-refractivity contribution is 0.145. The van der Waals surface area contributed by atoms with Crippen LogP contribution in [0.15, 0.2) is 10.9 Å². The van der Waals surface area contributed by atoms with E-state index < -0.39 is 24.2 Å². The molecule has 0 atom stereocenters. The molecule has 0 saturated heterocycles. The summed E-state index contributed by atoms with van der Waals surface area (Å²) >= 11 is 3.04. The lowest BCUT2D eigenvalue weighted by Crippen LogP contribution is -2.15. The van der Waals surface area contributed by atoms with Gasteiger partial charge in [-0.15, -0.1) is 0 Å². The highest BCUT2D eigenvalue weighted by atomic mass is 79.9. The van der Waals surface area contributed by atoms with Crippen molar-refractivity contribution in [2.24, 2.45) is 0 Å². The van der Waals surface area contributed by atoms with E-state index >= 15 is 0 Å². The highest BCUT2D eigenvalue weighted by Crippen LogP contribution is 2.17. The zero-order valence-electron chi connectivity index (χ0n) is 7.06. The molecule has 0 radical (unpaired) electrons. The molecule has 14 heavy (non-hydrogen) atoms. The summed E-state index contributed by atoms with van der Waals surface area (Å²) in [6, 6.07) is 0.808. The van der Waals surface area contributed by atoms with Crippen LogP contribution < -0.4 is 5.43 Å². The summed E-state index contributed by atoms with van der Waals surface area (Å²) < 4.78 is 24.5. The molecule has 0 unspecified atom stereocenters. The number of halogens is 3. The monoisotopic (exact) mass is 267 g/mol. The molecule has 1 aromatic rings. The van der Waals surface area contributed by atoms with Gasteiger partial charge in [0.2, 0.25) is 0 Å². The van der Waals surface area contributed by atoms with Crippen LogP contribution in [0.4, 0.5) is 8.78 Å². The molecule has 0 saturated carbocycles. The van der Waals surface area contributed by atoms with Crippen LogP contribution in [-0.4, -0.2) is 10.1 Å². The molecule has 3 nitrogen and oxygen atoms in total. The van der Waals surface area contributed by atoms with Gasteiger partial charge in [0, 0.05) is 22.7 Å². The number of rotatable bonds is 3. The van der Waals surface area contributed by atoms with E-state index in [9.17, 15) is 13.6 Å². The van der Waals surface area contributed by atoms with Gasteiger partial charge in [-0.05, 0) is 0 Å². The zero-order chi connectivity index (χ0) is 10.7. The van der Waals surface area contributed by atoms with E-state index in [2.05, 4.69) is 20.9 Å². The average Bonchev–Trinajstić information content (AvgIpc) is 2.16. The number of hydrogen-bond acceptors (Lipinski definition) is 2. The van der Waals surface area contributed by atoms with Gasteiger partial charge < -0.3 is 10.1 Å². The van der Waals surface area contributed by atoms with Crippen LogP contribution in [0.2, 0.25) is 0 Å². The zero-order valence-corrected chi connectivity index (χ0v) is 8.64. The first kappa shape index (κ1) is 11.3. The van der Waals surface area contributed by atoms with Crippen LogP contribution in [0, 0.1) is 0 Å². The van der Waals surface area contributed by atoms with Gasteiger partial charge in [-0.1, -0.05) is 15.9 Å². The summed E-state index contributed by atoms with van der Waals surface area (Å²) in [7, 11) is 0. The fourth-order valence-corrected chi connectivity index (χ4v) is 1.55. The highest BCUT2D eigenvalue weighted by molar-refractivity contribution is 9.08. The van der Waals surface area contributed by atoms with Crippen molar-refractivity contribution in [2.45, 2.75) is 18.4 Å². The van der Waals surface area contributed by atoms with E-state index in [1.165, 1.54) is 0 Å². The van der Waals surface area contributed by atoms with Crippen molar-refractivity contribution in [3.05, 3.63) is 33.2 Å². The Morgan fingerprint density at radius 1 is 1.57 bits per heavy atom. The van der Waals surface area contributed by atoms with Gasteiger partial charge in [0.05, 0.1) is 12.3 Å². The lowest BCUT2D eigenvalue weighted by Gasteiger charge is -2.07. The smallest absolute Gasteiger partial charge is 0.278 e. The molecule has 0 aliphatic heterocycles. The largest absolute Gasteiger partial charge is 0.391 e. The third-order valence-corrected chi connectivity index (χ3v) is 2.33. The predicted molar refractivity (Wildman–Crippen MR) is 50.6 cm³/mol. The fourth-order valence-electron chi connectivity index (χ4n) is 1.07. The minimum atomic E-state index is -2.71. The third-order valence-electron chi connectivity index (χ3n) is 1.77. The maximum atomic E-state index is 12.3. The fraction of sp³-hybridized carbons (Fsp3) is 0.375. The Morgan fingerprint density at radius 2 is 2.21 bits per heavy atom. The highest BCUT2D eigenvalue weighted by Gasteiger charge is 2.13. The van der Waals surface area contributed by atoms with Crippen molar-refractivity contribution >= 4 is 15.9 Å². The number of nitrogens with one attached hydrogen (secondary N) is 1. The Labute approximate surface area is 86.9 Å². The molecular weight excluding hydrogens is 260 g/mol. The second-order valence-corrected chi connectivity index (χ2v) is 3.20. The maximum absolute atomic E-state index is 12.3. The molecule has 0 fully saturated rings. The molecule has 1 heterocycles. The molecule has 78 valence electrons. The summed E-state index contributed by atoms with van der Waals surface area (Å²) in [5.41, 5.74) is -0.598. The van der Waals surface area contributed by atoms with Crippen LogP contribution in [0.25, 0.3) is 0 Å². The summed E-state index contributed by atoms with van der Waals surface area (Å²) in [4.78, 5) is 13.6. The second kappa shape index (κ2) is 4.65. The molecule has 0 amide bonds. The Morgan fingerprint density at radius 3 is 2.64 bits per heavy atom. The van der Waals surface area contributed by atoms with Gasteiger partial charge in [0.1, 0.15) is 0 Å². The van der Waals surface area contributed by atoms with Crippen molar-refractivity contribution in [2.75, 3.05) is 0 Å². The van der Waals surface area contributed by atoms with Crippen molar-refractivity contribution < 1.29 is 13.9 Å². The number of alkyl halides is 3. The van der Waals surface area contributed by atoms with Gasteiger partial charge >= 0.3 is 0 Å². The molecule has 0 aromatic carbocycles. The molecule has 1 rings (SSSR count). The van der Waals surface area contributed by atoms with E-state index in [1.807, 2.05) is 0 Å². The molecular formula is C8H8BrF2NO2. The molecule has 0 spiro atoms. The normalized spacial score (nSPS) is 10.9. The summed E-state index contributed by atoms with van der Waals surface area (Å²) in [6.45, 7) is -0.459. The van der Waals surface area contributed by atoms with Gasteiger partial charge in [0.15, 0.2) is 5.43 Å². The number of pyridine rings is 1. The number of aromatic amines is 1. The van der Waals surface area contributed by atoms with Gasteiger partial charge in [-0.3, -0.25) is 4.79 Å². The minimum Gasteiger partial charge on any atom is -0.391 e. The average molecular weight is 268 g/mol. The van der Waals surface area contributed by atoms with Gasteiger partial charge in [-0.2, -0.15) is 0 Å².